The molecule has 19 heavy (non-hydrogen) atoms. The minimum atomic E-state index is -0.144. The molecule has 4 heteroatoms. The van der Waals surface area contributed by atoms with Gasteiger partial charge in [0.05, 0.1) is 0 Å². The van der Waals surface area contributed by atoms with E-state index < -0.39 is 0 Å². The zero-order valence-corrected chi connectivity index (χ0v) is 12.0. The second kappa shape index (κ2) is 8.51. The lowest BCUT2D eigenvalue weighted by atomic mass is 10.0. The Labute approximate surface area is 115 Å². The van der Waals surface area contributed by atoms with Gasteiger partial charge >= 0.3 is 0 Å². The van der Waals surface area contributed by atoms with Crippen molar-refractivity contribution in [1.82, 2.24) is 10.3 Å². The average Bonchev–Trinajstić information content (AvgIpc) is 2.37. The first-order valence-electron chi connectivity index (χ1n) is 7.09. The number of nitrogens with one attached hydrogen (secondary N) is 1. The highest BCUT2D eigenvalue weighted by Gasteiger charge is 2.05. The van der Waals surface area contributed by atoms with E-state index in [2.05, 4.69) is 24.1 Å². The highest BCUT2D eigenvalue weighted by molar-refractivity contribution is 5.92. The van der Waals surface area contributed by atoms with E-state index in [1.807, 2.05) is 0 Å². The molecule has 0 bridgehead atoms. The maximum absolute atomic E-state index is 11.7. The minimum Gasteiger partial charge on any atom is -0.399 e. The molecule has 0 aromatic carbocycles. The molecule has 106 valence electrons. The molecule has 1 rings (SSSR count). The first kappa shape index (κ1) is 15.5. The number of nitrogen functional groups attached to an aromatic ring is 1. The van der Waals surface area contributed by atoms with Crippen LogP contribution in [0.25, 0.3) is 0 Å². The Bertz CT molecular complexity index is 391. The number of hydrogen-bond acceptors (Lipinski definition) is 3. The van der Waals surface area contributed by atoms with Crippen LogP contribution in [0.2, 0.25) is 0 Å². The Morgan fingerprint density at radius 1 is 1.32 bits per heavy atom. The van der Waals surface area contributed by atoms with Gasteiger partial charge in [0, 0.05) is 18.4 Å². The Morgan fingerprint density at radius 2 is 2.05 bits per heavy atom. The number of unbranched alkanes of at least 4 members (excludes halogenated alkanes) is 3. The van der Waals surface area contributed by atoms with Gasteiger partial charge in [-0.3, -0.25) is 9.78 Å². The number of carbonyl (C=O) groups excluding carboxylic acids is 1. The van der Waals surface area contributed by atoms with Crippen LogP contribution in [0, 0.1) is 5.92 Å². The van der Waals surface area contributed by atoms with Crippen LogP contribution in [0.1, 0.15) is 56.4 Å². The van der Waals surface area contributed by atoms with E-state index in [4.69, 9.17) is 5.73 Å². The fourth-order valence-electron chi connectivity index (χ4n) is 1.89. The summed E-state index contributed by atoms with van der Waals surface area (Å²) in [6, 6.07) is 3.27. The molecule has 1 aromatic heterocycles. The minimum absolute atomic E-state index is 0.144. The normalized spacial score (nSPS) is 10.7. The zero-order valence-electron chi connectivity index (χ0n) is 12.0. The van der Waals surface area contributed by atoms with Crippen LogP contribution in [0.4, 0.5) is 5.69 Å². The van der Waals surface area contributed by atoms with Crippen molar-refractivity contribution < 1.29 is 4.79 Å². The molecule has 1 amide bonds. The molecule has 0 fully saturated rings. The first-order chi connectivity index (χ1) is 9.09. The summed E-state index contributed by atoms with van der Waals surface area (Å²) in [6.07, 6.45) is 7.55. The van der Waals surface area contributed by atoms with Crippen LogP contribution in [-0.4, -0.2) is 17.4 Å². The van der Waals surface area contributed by atoms with Crippen LogP contribution in [-0.2, 0) is 0 Å². The average molecular weight is 263 g/mol. The van der Waals surface area contributed by atoms with Crippen LogP contribution in [0.3, 0.4) is 0 Å². The Morgan fingerprint density at radius 3 is 2.74 bits per heavy atom. The summed E-state index contributed by atoms with van der Waals surface area (Å²) < 4.78 is 0. The number of pyridine rings is 1. The van der Waals surface area contributed by atoms with Gasteiger partial charge in [-0.05, 0) is 24.5 Å². The van der Waals surface area contributed by atoms with Gasteiger partial charge in [0.25, 0.3) is 5.91 Å². The van der Waals surface area contributed by atoms with Crippen molar-refractivity contribution in [1.29, 1.82) is 0 Å². The number of carbonyl (C=O) groups is 1. The molecule has 0 radical (unpaired) electrons. The van der Waals surface area contributed by atoms with E-state index in [1.165, 1.54) is 19.3 Å². The van der Waals surface area contributed by atoms with Crippen LogP contribution in [0.15, 0.2) is 18.3 Å². The molecule has 0 spiro atoms. The summed E-state index contributed by atoms with van der Waals surface area (Å²) in [6.45, 7) is 5.20. The number of aromatic nitrogens is 1. The molecule has 1 aromatic rings. The van der Waals surface area contributed by atoms with Crippen molar-refractivity contribution in [2.75, 3.05) is 12.3 Å². The molecule has 0 aliphatic carbocycles. The second-order valence-corrected chi connectivity index (χ2v) is 5.33. The molecule has 0 saturated carbocycles. The highest BCUT2D eigenvalue weighted by atomic mass is 16.1. The van der Waals surface area contributed by atoms with E-state index in [9.17, 15) is 4.79 Å². The van der Waals surface area contributed by atoms with Crippen molar-refractivity contribution in [2.45, 2.75) is 46.0 Å². The van der Waals surface area contributed by atoms with Crippen molar-refractivity contribution in [3.05, 3.63) is 24.0 Å². The summed E-state index contributed by atoms with van der Waals surface area (Å²) in [5.41, 5.74) is 6.56. The van der Waals surface area contributed by atoms with Gasteiger partial charge in [-0.2, -0.15) is 0 Å². The van der Waals surface area contributed by atoms with Gasteiger partial charge in [-0.1, -0.05) is 39.5 Å². The molecule has 0 aliphatic heterocycles. The van der Waals surface area contributed by atoms with Gasteiger partial charge in [-0.25, -0.2) is 0 Å². The van der Waals surface area contributed by atoms with Gasteiger partial charge in [0.2, 0.25) is 0 Å². The first-order valence-corrected chi connectivity index (χ1v) is 7.09. The van der Waals surface area contributed by atoms with E-state index in [-0.39, 0.29) is 5.91 Å². The Balaban J connectivity index is 2.11. The summed E-state index contributed by atoms with van der Waals surface area (Å²) in [7, 11) is 0. The summed E-state index contributed by atoms with van der Waals surface area (Å²) in [5.74, 6) is 0.642. The molecule has 4 nitrogen and oxygen atoms in total. The Hall–Kier alpha value is -1.58. The van der Waals surface area contributed by atoms with Gasteiger partial charge in [-0.15, -0.1) is 0 Å². The SMILES string of the molecule is CC(C)CCCCCCNC(=O)c1cc(N)ccn1. The fraction of sp³-hybridized carbons (Fsp3) is 0.600. The number of amides is 1. The number of rotatable bonds is 8. The number of hydrogen-bond donors (Lipinski definition) is 2. The molecule has 0 unspecified atom stereocenters. The molecular formula is C15H25N3O. The van der Waals surface area contributed by atoms with Gasteiger partial charge in [0.15, 0.2) is 0 Å². The third-order valence-corrected chi connectivity index (χ3v) is 3.01. The van der Waals surface area contributed by atoms with Crippen molar-refractivity contribution in [3.8, 4) is 0 Å². The molecule has 3 N–H and O–H groups in total. The third kappa shape index (κ3) is 6.79. The van der Waals surface area contributed by atoms with E-state index in [0.717, 1.165) is 18.8 Å². The van der Waals surface area contributed by atoms with Crippen LogP contribution < -0.4 is 11.1 Å². The molecular weight excluding hydrogens is 238 g/mol. The lowest BCUT2D eigenvalue weighted by Gasteiger charge is -2.06. The molecule has 1 heterocycles. The lowest BCUT2D eigenvalue weighted by Crippen LogP contribution is -2.25. The summed E-state index contributed by atoms with van der Waals surface area (Å²) in [4.78, 5) is 15.7. The summed E-state index contributed by atoms with van der Waals surface area (Å²) >= 11 is 0. The second-order valence-electron chi connectivity index (χ2n) is 5.33. The third-order valence-electron chi connectivity index (χ3n) is 3.01. The molecule has 0 saturated heterocycles. The molecule has 0 aliphatic rings. The number of nitrogens with two attached hydrogens (primary N) is 1. The quantitative estimate of drug-likeness (QED) is 0.708. The largest absolute Gasteiger partial charge is 0.399 e. The van der Waals surface area contributed by atoms with Gasteiger partial charge in [0.1, 0.15) is 5.69 Å². The maximum Gasteiger partial charge on any atom is 0.269 e. The predicted molar refractivity (Wildman–Crippen MR) is 78.9 cm³/mol. The number of anilines is 1. The van der Waals surface area contributed by atoms with Crippen LogP contribution in [0.5, 0.6) is 0 Å². The standard InChI is InChI=1S/C15H25N3O/c1-12(2)7-5-3-4-6-9-18-15(19)14-11-13(16)8-10-17-14/h8,10-12H,3-7,9H2,1-2H3,(H2,16,17)(H,18,19). The van der Waals surface area contributed by atoms with Crippen molar-refractivity contribution in [2.24, 2.45) is 5.92 Å². The monoisotopic (exact) mass is 263 g/mol. The van der Waals surface area contributed by atoms with E-state index >= 15 is 0 Å². The Kier molecular flexibility index (Phi) is 6.93. The van der Waals surface area contributed by atoms with E-state index in [1.54, 1.807) is 18.3 Å². The zero-order chi connectivity index (χ0) is 14.1. The van der Waals surface area contributed by atoms with Crippen molar-refractivity contribution in [3.63, 3.8) is 0 Å². The predicted octanol–water partition coefficient (Wildman–Crippen LogP) is 3.00. The topological polar surface area (TPSA) is 68.0 Å². The maximum atomic E-state index is 11.7. The van der Waals surface area contributed by atoms with Crippen molar-refractivity contribution >= 4 is 11.6 Å². The highest BCUT2D eigenvalue weighted by Crippen LogP contribution is 2.09. The molecule has 0 atom stereocenters. The summed E-state index contributed by atoms with van der Waals surface area (Å²) in [5, 5.41) is 2.87. The van der Waals surface area contributed by atoms with E-state index in [0.29, 0.717) is 17.9 Å². The lowest BCUT2D eigenvalue weighted by molar-refractivity contribution is 0.0948. The fourth-order valence-corrected chi connectivity index (χ4v) is 1.89. The van der Waals surface area contributed by atoms with Crippen LogP contribution >= 0.6 is 0 Å². The smallest absolute Gasteiger partial charge is 0.269 e. The van der Waals surface area contributed by atoms with Gasteiger partial charge < -0.3 is 11.1 Å². The number of nitrogens with zero attached hydrogens (tertiary/aromatic N) is 1.